The van der Waals surface area contributed by atoms with E-state index in [0.29, 0.717) is 12.8 Å². The number of aryl methyl sites for hydroxylation is 2. The summed E-state index contributed by atoms with van der Waals surface area (Å²) in [5.41, 5.74) is 6.48. The average Bonchev–Trinajstić information content (AvgIpc) is 2.52. The van der Waals surface area contributed by atoms with Crippen LogP contribution in [-0.2, 0) is 5.54 Å². The first-order valence-corrected chi connectivity index (χ1v) is 5.57. The van der Waals surface area contributed by atoms with Crippen molar-refractivity contribution in [2.24, 2.45) is 5.73 Å². The molecule has 1 heterocycles. The van der Waals surface area contributed by atoms with E-state index in [1.54, 1.807) is 0 Å². The first kappa shape index (κ1) is 11.6. The van der Waals surface area contributed by atoms with Gasteiger partial charge in [-0.2, -0.15) is 0 Å². The zero-order valence-corrected chi connectivity index (χ0v) is 9.65. The maximum absolute atomic E-state index is 13.1. The van der Waals surface area contributed by atoms with Gasteiger partial charge in [0.25, 0.3) is 0 Å². The lowest BCUT2D eigenvalue weighted by Crippen LogP contribution is -2.43. The zero-order valence-electron chi connectivity index (χ0n) is 9.65. The summed E-state index contributed by atoms with van der Waals surface area (Å²) in [6.45, 7) is 3.68. The SMILES string of the molecule is Cc1cc(C2(N)CCC(F)(F)CC2)c(C)o1. The smallest absolute Gasteiger partial charge is 0.248 e. The number of nitrogens with two attached hydrogens (primary N) is 1. The van der Waals surface area contributed by atoms with E-state index in [1.165, 1.54) is 0 Å². The molecule has 0 saturated heterocycles. The molecule has 1 aliphatic rings. The predicted molar refractivity (Wildman–Crippen MR) is 57.5 cm³/mol. The minimum atomic E-state index is -2.55. The Morgan fingerprint density at radius 3 is 2.19 bits per heavy atom. The second-order valence-electron chi connectivity index (χ2n) is 4.84. The molecular weight excluding hydrogens is 212 g/mol. The van der Waals surface area contributed by atoms with E-state index >= 15 is 0 Å². The normalized spacial score (nSPS) is 23.3. The first-order chi connectivity index (χ1) is 7.32. The van der Waals surface area contributed by atoms with Crippen molar-refractivity contribution in [2.75, 3.05) is 0 Å². The number of furan rings is 1. The van der Waals surface area contributed by atoms with Crippen LogP contribution in [-0.4, -0.2) is 5.92 Å². The lowest BCUT2D eigenvalue weighted by atomic mass is 9.76. The maximum Gasteiger partial charge on any atom is 0.248 e. The summed E-state index contributed by atoms with van der Waals surface area (Å²) in [7, 11) is 0. The van der Waals surface area contributed by atoms with Crippen molar-refractivity contribution in [2.45, 2.75) is 51.0 Å². The van der Waals surface area contributed by atoms with Crippen LogP contribution in [0.4, 0.5) is 8.78 Å². The Morgan fingerprint density at radius 1 is 1.19 bits per heavy atom. The molecule has 0 amide bonds. The second kappa shape index (κ2) is 3.55. The molecule has 1 aliphatic carbocycles. The van der Waals surface area contributed by atoms with Crippen LogP contribution >= 0.6 is 0 Å². The van der Waals surface area contributed by atoms with Crippen molar-refractivity contribution in [1.82, 2.24) is 0 Å². The molecule has 4 heteroatoms. The van der Waals surface area contributed by atoms with Gasteiger partial charge in [-0.05, 0) is 32.8 Å². The fraction of sp³-hybridized carbons (Fsp3) is 0.667. The highest BCUT2D eigenvalue weighted by atomic mass is 19.3. The van der Waals surface area contributed by atoms with Gasteiger partial charge in [-0.3, -0.25) is 0 Å². The van der Waals surface area contributed by atoms with Gasteiger partial charge in [0.2, 0.25) is 5.92 Å². The standard InChI is InChI=1S/C12H17F2NO/c1-8-7-10(9(2)16-8)11(15)3-5-12(13,14)6-4-11/h7H,3-6,15H2,1-2H3. The molecule has 16 heavy (non-hydrogen) atoms. The molecule has 1 fully saturated rings. The van der Waals surface area contributed by atoms with Crippen LogP contribution in [0.2, 0.25) is 0 Å². The molecule has 2 nitrogen and oxygen atoms in total. The summed E-state index contributed by atoms with van der Waals surface area (Å²) >= 11 is 0. The molecule has 0 unspecified atom stereocenters. The third-order valence-electron chi connectivity index (χ3n) is 3.45. The minimum absolute atomic E-state index is 0.132. The van der Waals surface area contributed by atoms with Crippen LogP contribution in [0.5, 0.6) is 0 Å². The highest BCUT2D eigenvalue weighted by molar-refractivity contribution is 5.29. The first-order valence-electron chi connectivity index (χ1n) is 5.57. The van der Waals surface area contributed by atoms with Crippen LogP contribution < -0.4 is 5.73 Å². The molecule has 1 aromatic heterocycles. The quantitative estimate of drug-likeness (QED) is 0.802. The highest BCUT2D eigenvalue weighted by Gasteiger charge is 2.43. The summed E-state index contributed by atoms with van der Waals surface area (Å²) < 4.78 is 31.6. The number of hydrogen-bond donors (Lipinski definition) is 1. The zero-order chi connectivity index (χ0) is 12.0. The van der Waals surface area contributed by atoms with Crippen molar-refractivity contribution in [3.05, 3.63) is 23.2 Å². The van der Waals surface area contributed by atoms with Gasteiger partial charge in [-0.15, -0.1) is 0 Å². The van der Waals surface area contributed by atoms with Crippen LogP contribution in [0.25, 0.3) is 0 Å². The molecule has 1 aromatic rings. The number of hydrogen-bond acceptors (Lipinski definition) is 2. The van der Waals surface area contributed by atoms with E-state index in [-0.39, 0.29) is 12.8 Å². The van der Waals surface area contributed by atoms with Gasteiger partial charge < -0.3 is 10.2 Å². The van der Waals surface area contributed by atoms with Gasteiger partial charge in [0.1, 0.15) is 11.5 Å². The highest BCUT2D eigenvalue weighted by Crippen LogP contribution is 2.43. The summed E-state index contributed by atoms with van der Waals surface area (Å²) in [5.74, 6) is -1.00. The molecule has 0 bridgehead atoms. The van der Waals surface area contributed by atoms with Crippen LogP contribution in [0.3, 0.4) is 0 Å². The molecule has 90 valence electrons. The van der Waals surface area contributed by atoms with Crippen molar-refractivity contribution in [3.63, 3.8) is 0 Å². The predicted octanol–water partition coefficient (Wildman–Crippen LogP) is 3.26. The van der Waals surface area contributed by atoms with Gasteiger partial charge in [0.05, 0.1) is 0 Å². The number of halogens is 2. The lowest BCUT2D eigenvalue weighted by Gasteiger charge is -2.36. The van der Waals surface area contributed by atoms with E-state index < -0.39 is 11.5 Å². The molecule has 1 saturated carbocycles. The van der Waals surface area contributed by atoms with Crippen LogP contribution in [0.1, 0.15) is 42.8 Å². The van der Waals surface area contributed by atoms with Crippen molar-refractivity contribution < 1.29 is 13.2 Å². The van der Waals surface area contributed by atoms with Gasteiger partial charge in [0.15, 0.2) is 0 Å². The Labute approximate surface area is 93.8 Å². The molecular formula is C12H17F2NO. The average molecular weight is 229 g/mol. The Kier molecular flexibility index (Phi) is 2.57. The molecule has 0 atom stereocenters. The maximum atomic E-state index is 13.1. The molecule has 0 radical (unpaired) electrons. The van der Waals surface area contributed by atoms with Crippen molar-refractivity contribution >= 4 is 0 Å². The Morgan fingerprint density at radius 2 is 1.75 bits per heavy atom. The van der Waals surface area contributed by atoms with Crippen LogP contribution in [0.15, 0.2) is 10.5 Å². The van der Waals surface area contributed by atoms with E-state index in [0.717, 1.165) is 17.1 Å². The summed E-state index contributed by atoms with van der Waals surface area (Å²) in [6, 6.07) is 1.87. The van der Waals surface area contributed by atoms with E-state index in [2.05, 4.69) is 0 Å². The number of alkyl halides is 2. The van der Waals surface area contributed by atoms with Gasteiger partial charge in [-0.1, -0.05) is 0 Å². The lowest BCUT2D eigenvalue weighted by molar-refractivity contribution is -0.0515. The third-order valence-corrected chi connectivity index (χ3v) is 3.45. The van der Waals surface area contributed by atoms with E-state index in [1.807, 2.05) is 19.9 Å². The fourth-order valence-electron chi connectivity index (χ4n) is 2.46. The molecule has 0 aliphatic heterocycles. The fourth-order valence-corrected chi connectivity index (χ4v) is 2.46. The minimum Gasteiger partial charge on any atom is -0.466 e. The Bertz CT molecular complexity index is 388. The topological polar surface area (TPSA) is 39.2 Å². The molecule has 0 aromatic carbocycles. The van der Waals surface area contributed by atoms with E-state index in [4.69, 9.17) is 10.2 Å². The Balaban J connectivity index is 2.24. The van der Waals surface area contributed by atoms with Gasteiger partial charge >= 0.3 is 0 Å². The summed E-state index contributed by atoms with van der Waals surface area (Å²) in [4.78, 5) is 0. The molecule has 2 rings (SSSR count). The van der Waals surface area contributed by atoms with Crippen LogP contribution in [0, 0.1) is 13.8 Å². The molecule has 0 spiro atoms. The number of rotatable bonds is 1. The van der Waals surface area contributed by atoms with Crippen molar-refractivity contribution in [3.8, 4) is 0 Å². The molecule has 2 N–H and O–H groups in total. The van der Waals surface area contributed by atoms with Crippen molar-refractivity contribution in [1.29, 1.82) is 0 Å². The second-order valence-corrected chi connectivity index (χ2v) is 4.84. The van der Waals surface area contributed by atoms with Gasteiger partial charge in [-0.25, -0.2) is 8.78 Å². The van der Waals surface area contributed by atoms with E-state index in [9.17, 15) is 8.78 Å². The van der Waals surface area contributed by atoms with Gasteiger partial charge in [0, 0.05) is 23.9 Å². The third kappa shape index (κ3) is 1.98. The summed E-state index contributed by atoms with van der Waals surface area (Å²) in [6.07, 6.45) is 0.375. The monoisotopic (exact) mass is 229 g/mol. The Hall–Kier alpha value is -0.900. The largest absolute Gasteiger partial charge is 0.466 e. The summed E-state index contributed by atoms with van der Waals surface area (Å²) in [5, 5.41) is 0.